The highest BCUT2D eigenvalue weighted by Crippen LogP contribution is 2.07. The number of halogens is 3. The van der Waals surface area contributed by atoms with Crippen LogP contribution < -0.4 is 5.32 Å². The van der Waals surface area contributed by atoms with Gasteiger partial charge < -0.3 is 5.32 Å². The van der Waals surface area contributed by atoms with E-state index in [0.717, 1.165) is 6.54 Å². The molecule has 0 spiro atoms. The predicted molar refractivity (Wildman–Crippen MR) is 75.2 cm³/mol. The molecule has 0 amide bonds. The van der Waals surface area contributed by atoms with Crippen molar-refractivity contribution in [3.05, 3.63) is 24.5 Å². The number of nitrogens with one attached hydrogen (secondary N) is 1. The molecule has 0 atom stereocenters. The van der Waals surface area contributed by atoms with Crippen LogP contribution in [0.25, 0.3) is 0 Å². The summed E-state index contributed by atoms with van der Waals surface area (Å²) in [4.78, 5) is 3.98. The summed E-state index contributed by atoms with van der Waals surface area (Å²) in [6, 6.07) is 4.02. The van der Waals surface area contributed by atoms with Crippen LogP contribution in [0.5, 0.6) is 0 Å². The molecular formula is C13H22BF3N2. The van der Waals surface area contributed by atoms with E-state index in [0.29, 0.717) is 0 Å². The summed E-state index contributed by atoms with van der Waals surface area (Å²) in [5.41, 5.74) is 1.18. The molecule has 1 N–H and O–H groups in total. The molecular weight excluding hydrogens is 252 g/mol. The van der Waals surface area contributed by atoms with Crippen molar-refractivity contribution in [3.63, 3.8) is 0 Å². The van der Waals surface area contributed by atoms with Gasteiger partial charge in [-0.15, -0.1) is 0 Å². The molecule has 0 aromatic carbocycles. The van der Waals surface area contributed by atoms with Crippen LogP contribution in [0.2, 0.25) is 0 Å². The first kappa shape index (κ1) is 17.8. The zero-order chi connectivity index (χ0) is 14.3. The highest BCUT2D eigenvalue weighted by atomic mass is 19.4. The second-order valence-corrected chi connectivity index (χ2v) is 4.18. The minimum atomic E-state index is -3.67. The number of pyridine rings is 1. The van der Waals surface area contributed by atoms with E-state index in [9.17, 15) is 12.9 Å². The largest absolute Gasteiger partial charge is 0.762 e. The van der Waals surface area contributed by atoms with E-state index in [1.165, 1.54) is 44.2 Å². The third kappa shape index (κ3) is 14.7. The predicted octanol–water partition coefficient (Wildman–Crippen LogP) is 4.73. The van der Waals surface area contributed by atoms with Crippen LogP contribution in [-0.2, 0) is 0 Å². The minimum absolute atomic E-state index is 1.08. The maximum Gasteiger partial charge on any atom is 0.762 e. The fraction of sp³-hybridized carbons (Fsp3) is 0.615. The van der Waals surface area contributed by atoms with Gasteiger partial charge in [0.2, 0.25) is 0 Å². The van der Waals surface area contributed by atoms with Crippen molar-refractivity contribution in [1.82, 2.24) is 4.98 Å². The van der Waals surface area contributed by atoms with Gasteiger partial charge in [0.05, 0.1) is 0 Å². The van der Waals surface area contributed by atoms with Gasteiger partial charge in [0.25, 0.3) is 0 Å². The molecule has 19 heavy (non-hydrogen) atoms. The summed E-state index contributed by atoms with van der Waals surface area (Å²) in [7, 11) is -3.67. The van der Waals surface area contributed by atoms with Crippen molar-refractivity contribution in [3.8, 4) is 0 Å². The highest BCUT2D eigenvalue weighted by Gasteiger charge is 2.06. The van der Waals surface area contributed by atoms with E-state index in [2.05, 4.69) is 17.2 Å². The number of hydrogen-bond acceptors (Lipinski definition) is 2. The Hall–Kier alpha value is -1.20. The Balaban J connectivity index is 0.000000711. The second kappa shape index (κ2) is 13.2. The monoisotopic (exact) mass is 274 g/mol. The molecule has 6 heteroatoms. The average Bonchev–Trinajstić information content (AvgIpc) is 2.38. The molecule has 0 aliphatic carbocycles. The molecule has 2 nitrogen and oxygen atoms in total. The topological polar surface area (TPSA) is 24.9 Å². The zero-order valence-electron chi connectivity index (χ0n) is 11.4. The van der Waals surface area contributed by atoms with E-state index in [1.54, 1.807) is 0 Å². The van der Waals surface area contributed by atoms with Crippen LogP contribution in [0, 0.1) is 0 Å². The van der Waals surface area contributed by atoms with Crippen LogP contribution in [0.4, 0.5) is 18.6 Å². The number of hydrogen-bond donors (Lipinski definition) is 1. The average molecular weight is 274 g/mol. The third-order valence-corrected chi connectivity index (χ3v) is 2.54. The summed E-state index contributed by atoms with van der Waals surface area (Å²) in [6.07, 6.45) is 11.8. The van der Waals surface area contributed by atoms with Crippen molar-refractivity contribution in [2.24, 2.45) is 0 Å². The molecule has 0 fully saturated rings. The second-order valence-electron chi connectivity index (χ2n) is 4.18. The molecule has 1 rings (SSSR count). The van der Waals surface area contributed by atoms with Crippen LogP contribution in [-0.4, -0.2) is 19.1 Å². The van der Waals surface area contributed by atoms with Crippen LogP contribution in [0.3, 0.4) is 0 Å². The number of unbranched alkanes of at least 4 members (excludes halogenated alkanes) is 5. The van der Waals surface area contributed by atoms with Gasteiger partial charge in [-0.25, -0.2) is 0 Å². The van der Waals surface area contributed by atoms with E-state index in [4.69, 9.17) is 0 Å². The normalized spacial score (nSPS) is 9.47. The number of aromatic nitrogens is 1. The summed E-state index contributed by atoms with van der Waals surface area (Å²) >= 11 is 0. The van der Waals surface area contributed by atoms with E-state index < -0.39 is 7.54 Å². The molecule has 0 aliphatic heterocycles. The van der Waals surface area contributed by atoms with Gasteiger partial charge in [-0.2, -0.15) is 0 Å². The molecule has 0 unspecified atom stereocenters. The van der Waals surface area contributed by atoms with Gasteiger partial charge >= 0.3 is 7.54 Å². The number of nitrogens with zero attached hydrogens (tertiary/aromatic N) is 1. The molecule has 0 saturated carbocycles. The molecule has 1 aromatic heterocycles. The van der Waals surface area contributed by atoms with Crippen LogP contribution in [0.1, 0.15) is 45.4 Å². The lowest BCUT2D eigenvalue weighted by Crippen LogP contribution is -2.01. The van der Waals surface area contributed by atoms with Gasteiger partial charge in [-0.05, 0) is 18.6 Å². The number of anilines is 1. The standard InChI is InChI=1S/C13H22N2.BF3/c1-2-3-4-5-6-7-10-15-13-8-11-14-12-9-13;2-1(3)4/h8-9,11-12H,2-7,10H2,1H3,(H,14,15);. The van der Waals surface area contributed by atoms with E-state index in [1.807, 2.05) is 24.5 Å². The maximum atomic E-state index is 9.67. The molecule has 0 saturated heterocycles. The summed E-state index contributed by atoms with van der Waals surface area (Å²) in [5.74, 6) is 0. The first-order chi connectivity index (χ1) is 9.16. The van der Waals surface area contributed by atoms with Gasteiger partial charge in [0.1, 0.15) is 0 Å². The van der Waals surface area contributed by atoms with Gasteiger partial charge in [0.15, 0.2) is 0 Å². The first-order valence-electron chi connectivity index (χ1n) is 6.73. The Morgan fingerprint density at radius 3 is 2.11 bits per heavy atom. The van der Waals surface area contributed by atoms with Crippen molar-refractivity contribution >= 4 is 13.2 Å². The quantitative estimate of drug-likeness (QED) is 0.547. The van der Waals surface area contributed by atoms with Gasteiger partial charge in [-0.3, -0.25) is 17.9 Å². The fourth-order valence-corrected chi connectivity index (χ4v) is 1.61. The van der Waals surface area contributed by atoms with E-state index >= 15 is 0 Å². The number of rotatable bonds is 8. The summed E-state index contributed by atoms with van der Waals surface area (Å²) in [6.45, 7) is 3.33. The van der Waals surface area contributed by atoms with Crippen molar-refractivity contribution < 1.29 is 12.9 Å². The van der Waals surface area contributed by atoms with Gasteiger partial charge in [-0.1, -0.05) is 39.0 Å². The summed E-state index contributed by atoms with van der Waals surface area (Å²) in [5, 5.41) is 3.40. The van der Waals surface area contributed by atoms with Crippen molar-refractivity contribution in [2.45, 2.75) is 45.4 Å². The Morgan fingerprint density at radius 1 is 1.00 bits per heavy atom. The Bertz CT molecular complexity index is 284. The van der Waals surface area contributed by atoms with Crippen molar-refractivity contribution in [2.75, 3.05) is 11.9 Å². The van der Waals surface area contributed by atoms with Crippen LogP contribution >= 0.6 is 0 Å². The lowest BCUT2D eigenvalue weighted by atomic mass is 10.1. The van der Waals surface area contributed by atoms with Crippen LogP contribution in [0.15, 0.2) is 24.5 Å². The maximum absolute atomic E-state index is 9.67. The Labute approximate surface area is 114 Å². The molecule has 0 radical (unpaired) electrons. The van der Waals surface area contributed by atoms with E-state index in [-0.39, 0.29) is 0 Å². The molecule has 1 aromatic rings. The fourth-order valence-electron chi connectivity index (χ4n) is 1.61. The molecule has 1 heterocycles. The minimum Gasteiger partial charge on any atom is -0.385 e. The molecule has 0 aliphatic rings. The lowest BCUT2D eigenvalue weighted by Gasteiger charge is -2.05. The van der Waals surface area contributed by atoms with Crippen molar-refractivity contribution in [1.29, 1.82) is 0 Å². The molecule has 0 bridgehead atoms. The first-order valence-corrected chi connectivity index (χ1v) is 6.73. The Kier molecular flexibility index (Phi) is 12.4. The lowest BCUT2D eigenvalue weighted by molar-refractivity contribution is 0.535. The smallest absolute Gasteiger partial charge is 0.385 e. The van der Waals surface area contributed by atoms with Gasteiger partial charge in [0, 0.05) is 24.6 Å². The third-order valence-electron chi connectivity index (χ3n) is 2.54. The Morgan fingerprint density at radius 2 is 1.53 bits per heavy atom. The highest BCUT2D eigenvalue weighted by molar-refractivity contribution is 6.33. The SMILES string of the molecule is CCCCCCCCNc1ccncc1.FB(F)F. The molecule has 108 valence electrons. The zero-order valence-corrected chi connectivity index (χ0v) is 11.4. The summed E-state index contributed by atoms with van der Waals surface area (Å²) < 4.78 is 29.0.